The van der Waals surface area contributed by atoms with Crippen LogP contribution >= 0.6 is 0 Å². The zero-order valence-corrected chi connectivity index (χ0v) is 11.8. The molecule has 0 saturated heterocycles. The lowest BCUT2D eigenvalue weighted by molar-refractivity contribution is -0.119. The van der Waals surface area contributed by atoms with Gasteiger partial charge in [-0.3, -0.25) is 4.79 Å². The molecule has 5 nitrogen and oxygen atoms in total. The topological polar surface area (TPSA) is 84.6 Å². The van der Waals surface area contributed by atoms with E-state index in [0.29, 0.717) is 18.0 Å². The van der Waals surface area contributed by atoms with E-state index in [4.69, 9.17) is 10.5 Å². The minimum Gasteiger partial charge on any atom is -0.507 e. The van der Waals surface area contributed by atoms with Crippen molar-refractivity contribution in [1.29, 1.82) is 0 Å². The van der Waals surface area contributed by atoms with Crippen LogP contribution in [0.5, 0.6) is 11.5 Å². The second kappa shape index (κ2) is 6.65. The number of benzene rings is 2. The van der Waals surface area contributed by atoms with Crippen LogP contribution in [0.2, 0.25) is 0 Å². The number of aromatic hydroxyl groups is 1. The third kappa shape index (κ3) is 4.14. The average molecular weight is 286 g/mol. The van der Waals surface area contributed by atoms with Gasteiger partial charge in [0, 0.05) is 23.9 Å². The van der Waals surface area contributed by atoms with Gasteiger partial charge in [0.1, 0.15) is 11.5 Å². The monoisotopic (exact) mass is 286 g/mol. The van der Waals surface area contributed by atoms with Crippen LogP contribution in [0.3, 0.4) is 0 Å². The Labute approximate surface area is 123 Å². The summed E-state index contributed by atoms with van der Waals surface area (Å²) in [7, 11) is 0. The highest BCUT2D eigenvalue weighted by Crippen LogP contribution is 2.23. The molecule has 0 aromatic heterocycles. The molecule has 110 valence electrons. The van der Waals surface area contributed by atoms with Crippen LogP contribution in [0.15, 0.2) is 42.5 Å². The summed E-state index contributed by atoms with van der Waals surface area (Å²) in [4.78, 5) is 10.7. The van der Waals surface area contributed by atoms with Crippen molar-refractivity contribution >= 4 is 11.6 Å². The molecule has 2 rings (SSSR count). The van der Waals surface area contributed by atoms with Gasteiger partial charge in [0.25, 0.3) is 5.91 Å². The number of aryl methyl sites for hydroxylation is 1. The van der Waals surface area contributed by atoms with Gasteiger partial charge in [0.2, 0.25) is 0 Å². The molecular formula is C16H18N2O3. The van der Waals surface area contributed by atoms with E-state index in [9.17, 15) is 9.90 Å². The lowest BCUT2D eigenvalue weighted by Gasteiger charge is -2.11. The molecule has 0 spiro atoms. The first-order valence-corrected chi connectivity index (χ1v) is 6.59. The fourth-order valence-electron chi connectivity index (χ4n) is 1.91. The predicted molar refractivity (Wildman–Crippen MR) is 81.3 cm³/mol. The first-order chi connectivity index (χ1) is 10.1. The van der Waals surface area contributed by atoms with Gasteiger partial charge >= 0.3 is 0 Å². The summed E-state index contributed by atoms with van der Waals surface area (Å²) in [5.41, 5.74) is 7.53. The Hall–Kier alpha value is -2.69. The summed E-state index contributed by atoms with van der Waals surface area (Å²) < 4.78 is 5.24. The quantitative estimate of drug-likeness (QED) is 0.760. The second-order valence-electron chi connectivity index (χ2n) is 4.72. The third-order valence-electron chi connectivity index (χ3n) is 3.02. The van der Waals surface area contributed by atoms with Crippen LogP contribution in [0, 0.1) is 6.92 Å². The van der Waals surface area contributed by atoms with Crippen LogP contribution in [0.4, 0.5) is 5.69 Å². The number of ether oxygens (including phenoxy) is 1. The molecule has 1 amide bonds. The van der Waals surface area contributed by atoms with Crippen molar-refractivity contribution in [2.75, 3.05) is 11.9 Å². The lowest BCUT2D eigenvalue weighted by Crippen LogP contribution is -2.20. The number of carbonyl (C=O) groups excluding carboxylic acids is 1. The van der Waals surface area contributed by atoms with Gasteiger partial charge in [-0.1, -0.05) is 24.3 Å². The fraction of sp³-hybridized carbons (Fsp3) is 0.188. The maximum Gasteiger partial charge on any atom is 0.255 e. The number of carbonyl (C=O) groups is 1. The molecule has 2 aromatic rings. The van der Waals surface area contributed by atoms with Crippen LogP contribution in [-0.4, -0.2) is 17.6 Å². The van der Waals surface area contributed by atoms with Crippen molar-refractivity contribution in [2.24, 2.45) is 5.73 Å². The molecule has 4 N–H and O–H groups in total. The minimum atomic E-state index is -0.516. The number of nitrogens with two attached hydrogens (primary N) is 1. The summed E-state index contributed by atoms with van der Waals surface area (Å²) >= 11 is 0. The highest BCUT2D eigenvalue weighted by molar-refractivity contribution is 5.75. The van der Waals surface area contributed by atoms with E-state index in [0.717, 1.165) is 16.8 Å². The van der Waals surface area contributed by atoms with Crippen molar-refractivity contribution in [3.8, 4) is 11.5 Å². The van der Waals surface area contributed by atoms with Gasteiger partial charge in [0.15, 0.2) is 6.61 Å². The minimum absolute atomic E-state index is 0.151. The molecule has 0 heterocycles. The van der Waals surface area contributed by atoms with E-state index < -0.39 is 5.91 Å². The summed E-state index contributed by atoms with van der Waals surface area (Å²) in [6.45, 7) is 2.20. The normalized spacial score (nSPS) is 10.1. The van der Waals surface area contributed by atoms with E-state index in [-0.39, 0.29) is 6.61 Å². The molecule has 0 aliphatic heterocycles. The maximum absolute atomic E-state index is 10.7. The molecule has 0 aliphatic carbocycles. The van der Waals surface area contributed by atoms with Gasteiger partial charge in [0.05, 0.1) is 0 Å². The Bertz CT molecular complexity index is 641. The number of rotatable bonds is 6. The molecule has 21 heavy (non-hydrogen) atoms. The van der Waals surface area contributed by atoms with E-state index in [1.54, 1.807) is 12.1 Å². The van der Waals surface area contributed by atoms with E-state index in [2.05, 4.69) is 5.32 Å². The lowest BCUT2D eigenvalue weighted by atomic mass is 10.1. The largest absolute Gasteiger partial charge is 0.507 e. The second-order valence-corrected chi connectivity index (χ2v) is 4.72. The van der Waals surface area contributed by atoms with E-state index in [1.165, 1.54) is 0 Å². The number of para-hydroxylation sites is 1. The Kier molecular flexibility index (Phi) is 4.66. The summed E-state index contributed by atoms with van der Waals surface area (Å²) in [5, 5.41) is 13.2. The average Bonchev–Trinajstić information content (AvgIpc) is 2.47. The van der Waals surface area contributed by atoms with Crippen molar-refractivity contribution in [1.82, 2.24) is 0 Å². The Morgan fingerprint density at radius 3 is 2.81 bits per heavy atom. The highest BCUT2D eigenvalue weighted by Gasteiger charge is 2.04. The molecular weight excluding hydrogens is 268 g/mol. The molecule has 0 radical (unpaired) electrons. The van der Waals surface area contributed by atoms with Crippen molar-refractivity contribution < 1.29 is 14.6 Å². The van der Waals surface area contributed by atoms with Crippen LogP contribution in [0.25, 0.3) is 0 Å². The highest BCUT2D eigenvalue weighted by atomic mass is 16.5. The van der Waals surface area contributed by atoms with Crippen molar-refractivity contribution in [3.63, 3.8) is 0 Å². The van der Waals surface area contributed by atoms with Crippen LogP contribution in [0.1, 0.15) is 11.1 Å². The fourth-order valence-corrected chi connectivity index (χ4v) is 1.91. The Morgan fingerprint density at radius 1 is 1.29 bits per heavy atom. The van der Waals surface area contributed by atoms with Crippen LogP contribution < -0.4 is 15.8 Å². The zero-order chi connectivity index (χ0) is 15.2. The predicted octanol–water partition coefficient (Wildman–Crippen LogP) is 2.18. The van der Waals surface area contributed by atoms with E-state index in [1.807, 2.05) is 37.3 Å². The summed E-state index contributed by atoms with van der Waals surface area (Å²) in [5.74, 6) is 0.344. The molecule has 2 aromatic carbocycles. The molecule has 0 unspecified atom stereocenters. The van der Waals surface area contributed by atoms with E-state index >= 15 is 0 Å². The number of amides is 1. The van der Waals surface area contributed by atoms with Gasteiger partial charge < -0.3 is 20.9 Å². The number of anilines is 1. The molecule has 0 bridgehead atoms. The molecule has 5 heteroatoms. The van der Waals surface area contributed by atoms with Gasteiger partial charge in [-0.2, -0.15) is 0 Å². The Balaban J connectivity index is 2.01. The first-order valence-electron chi connectivity index (χ1n) is 6.59. The number of hydrogen-bond acceptors (Lipinski definition) is 4. The van der Waals surface area contributed by atoms with Crippen molar-refractivity contribution in [2.45, 2.75) is 13.5 Å². The molecule has 0 saturated carbocycles. The molecule has 0 atom stereocenters. The number of phenols is 1. The zero-order valence-electron chi connectivity index (χ0n) is 11.8. The summed E-state index contributed by atoms with van der Waals surface area (Å²) in [6, 6.07) is 12.8. The number of nitrogens with one attached hydrogen (secondary N) is 1. The smallest absolute Gasteiger partial charge is 0.255 e. The van der Waals surface area contributed by atoms with Gasteiger partial charge in [-0.25, -0.2) is 0 Å². The summed E-state index contributed by atoms with van der Waals surface area (Å²) in [6.07, 6.45) is 0. The van der Waals surface area contributed by atoms with Gasteiger partial charge in [-0.15, -0.1) is 0 Å². The maximum atomic E-state index is 10.7. The molecule has 0 aliphatic rings. The van der Waals surface area contributed by atoms with Crippen LogP contribution in [-0.2, 0) is 11.3 Å². The van der Waals surface area contributed by atoms with Gasteiger partial charge in [-0.05, 0) is 24.6 Å². The standard InChI is InChI=1S/C16H18N2O3/c1-11-4-2-5-12(16(11)20)9-18-13-6-3-7-14(8-13)21-10-15(17)19/h2-8,18,20H,9-10H2,1H3,(H2,17,19). The number of primary amides is 1. The SMILES string of the molecule is Cc1cccc(CNc2cccc(OCC(N)=O)c2)c1O. The Morgan fingerprint density at radius 2 is 2.05 bits per heavy atom. The third-order valence-corrected chi connectivity index (χ3v) is 3.02. The number of hydrogen-bond donors (Lipinski definition) is 3. The first kappa shape index (κ1) is 14.7. The number of phenolic OH excluding ortho intramolecular Hbond substituents is 1. The van der Waals surface area contributed by atoms with Crippen molar-refractivity contribution in [3.05, 3.63) is 53.6 Å². The molecule has 0 fully saturated rings.